The normalized spacial score (nSPS) is 19.1. The molecule has 0 radical (unpaired) electrons. The summed E-state index contributed by atoms with van der Waals surface area (Å²) in [6.07, 6.45) is 21.7. The van der Waals surface area contributed by atoms with Crippen LogP contribution in [0.2, 0.25) is 0 Å². The molecule has 3 aliphatic carbocycles. The molecule has 0 spiro atoms. The SMILES string of the molecule is Oc1c2cc(C(c3ccccc3)(c3ccccc3)c3ccccc3)cc1C=N[C@@H]1CCCC[C@H]1N=Cc1cc(C(c3ccccc3)(c3ccccc3)c3ccccc3)cc(c1O)C=N[C@@H]1CCCC[C@H]1N=Cc1cc(C(c3ccccc3)(c3ccccc3)c3ccccc3)cc(c1O)C=N[C@@H]1CCCC[C@H]1N=C2. The van der Waals surface area contributed by atoms with E-state index in [0.29, 0.717) is 33.4 Å². The van der Waals surface area contributed by atoms with Crippen LogP contribution in [-0.2, 0) is 16.2 Å². The van der Waals surface area contributed by atoms with Crippen molar-refractivity contribution in [3.63, 3.8) is 0 Å². The van der Waals surface area contributed by atoms with E-state index in [0.717, 1.165) is 144 Å². The first-order valence-electron chi connectivity index (χ1n) is 38.6. The van der Waals surface area contributed by atoms with Crippen molar-refractivity contribution in [2.75, 3.05) is 0 Å². The van der Waals surface area contributed by atoms with Crippen molar-refractivity contribution in [2.45, 2.75) is 130 Å². The van der Waals surface area contributed by atoms with E-state index in [1.807, 2.05) is 37.3 Å². The lowest BCUT2D eigenvalue weighted by Gasteiger charge is -2.37. The van der Waals surface area contributed by atoms with E-state index < -0.39 is 16.2 Å². The fourth-order valence-electron chi connectivity index (χ4n) is 17.8. The molecule has 0 amide bonds. The first-order valence-corrected chi connectivity index (χ1v) is 38.6. The zero-order valence-electron chi connectivity index (χ0n) is 60.9. The summed E-state index contributed by atoms with van der Waals surface area (Å²) >= 11 is 0. The summed E-state index contributed by atoms with van der Waals surface area (Å²) in [6, 6.07) is 107. The number of aromatic hydroxyl groups is 3. The molecule has 0 saturated heterocycles. The summed E-state index contributed by atoms with van der Waals surface area (Å²) in [5, 5.41) is 39.4. The van der Waals surface area contributed by atoms with Crippen molar-refractivity contribution in [1.29, 1.82) is 0 Å². The summed E-state index contributed by atoms with van der Waals surface area (Å²) in [7, 11) is 0. The summed E-state index contributed by atoms with van der Waals surface area (Å²) in [5.74, 6) is 0.216. The Morgan fingerprint density at radius 1 is 0.185 bits per heavy atom. The standard InChI is InChI=1S/C99H90N6O3/c106-94-70-58-85(97(76-34-10-1-11-35-76,77-36-12-2-13-37-77)78-38-14-3-15-39-78)59-71(94)65-101-89-53-29-31-55-91(89)103-67-73-61-87(99(82-46-22-7-23-47-82,83-48-24-8-25-49-83)84-50-26-9-27-51-84)63-75(96(73)108)69-105-93-57-33-32-56-92(93)104-68-74-62-86(60-72(95(74)107)66-102-90-54-30-28-52-88(90)100-64-70)98(79-40-16-4-17-41-79,80-42-18-5-19-43-80)81-44-20-6-21-45-81/h1-27,34-51,58-69,88-93,106-108H,28-33,52-57H2/t88-,89-,90-,91-,92-,93-/m1/s1. The van der Waals surface area contributed by atoms with Crippen LogP contribution in [0.3, 0.4) is 0 Å². The number of benzene rings is 12. The smallest absolute Gasteiger partial charge is 0.133 e. The lowest BCUT2D eigenvalue weighted by molar-refractivity contribution is 0.389. The minimum atomic E-state index is -0.867. The molecule has 1 aliphatic heterocycles. The van der Waals surface area contributed by atoms with Crippen LogP contribution in [0.15, 0.2) is 339 Å². The van der Waals surface area contributed by atoms with Gasteiger partial charge < -0.3 is 15.3 Å². The first kappa shape index (κ1) is 70.4. The fourth-order valence-corrected chi connectivity index (χ4v) is 17.8. The number of fused-ring (bicyclic) bond motifs is 9. The highest BCUT2D eigenvalue weighted by molar-refractivity contribution is 5.96. The number of aliphatic imine (C=N–C) groups is 6. The van der Waals surface area contributed by atoms with Gasteiger partial charge in [-0.05, 0) is 142 Å². The average molecular weight is 1410 g/mol. The molecular weight excluding hydrogens is 1320 g/mol. The number of rotatable bonds is 12. The number of phenols is 3. The zero-order chi connectivity index (χ0) is 73.1. The summed E-state index contributed by atoms with van der Waals surface area (Å²) in [6.45, 7) is 0. The maximum absolute atomic E-state index is 13.1. The number of hydrogen-bond donors (Lipinski definition) is 3. The van der Waals surface area contributed by atoms with Gasteiger partial charge >= 0.3 is 0 Å². The Labute approximate surface area is 635 Å². The van der Waals surface area contributed by atoms with Crippen molar-refractivity contribution in [3.8, 4) is 17.2 Å². The van der Waals surface area contributed by atoms with Gasteiger partial charge in [0.2, 0.25) is 0 Å². The van der Waals surface area contributed by atoms with Crippen molar-refractivity contribution in [1.82, 2.24) is 0 Å². The minimum absolute atomic E-state index is 0.0718. The third kappa shape index (κ3) is 13.8. The second kappa shape index (κ2) is 32.0. The Hall–Kier alpha value is -11.9. The summed E-state index contributed by atoms with van der Waals surface area (Å²) in [4.78, 5) is 33.1. The van der Waals surface area contributed by atoms with Crippen LogP contribution in [0.25, 0.3) is 0 Å². The van der Waals surface area contributed by atoms with Crippen molar-refractivity contribution in [2.24, 2.45) is 30.0 Å². The third-order valence-corrected chi connectivity index (χ3v) is 23.2. The molecule has 6 bridgehead atoms. The van der Waals surface area contributed by atoms with Crippen molar-refractivity contribution < 1.29 is 15.3 Å². The topological polar surface area (TPSA) is 135 Å². The Balaban J connectivity index is 0.929. The van der Waals surface area contributed by atoms with E-state index in [-0.39, 0.29) is 53.5 Å². The van der Waals surface area contributed by atoms with E-state index in [1.165, 1.54) is 0 Å². The van der Waals surface area contributed by atoms with Crippen LogP contribution in [0.5, 0.6) is 17.2 Å². The molecule has 0 unspecified atom stereocenters. The maximum atomic E-state index is 13.1. The molecule has 108 heavy (non-hydrogen) atoms. The van der Waals surface area contributed by atoms with Crippen molar-refractivity contribution in [3.05, 3.63) is 410 Å². The molecule has 534 valence electrons. The van der Waals surface area contributed by atoms with Gasteiger partial charge in [-0.25, -0.2) is 0 Å². The molecule has 12 aromatic carbocycles. The molecule has 9 nitrogen and oxygen atoms in total. The largest absolute Gasteiger partial charge is 0.507 e. The van der Waals surface area contributed by atoms with Crippen LogP contribution in [0.1, 0.15) is 177 Å². The lowest BCUT2D eigenvalue weighted by Crippen LogP contribution is -2.31. The van der Waals surface area contributed by atoms with Crippen LogP contribution in [0, 0.1) is 0 Å². The van der Waals surface area contributed by atoms with E-state index in [2.05, 4.69) is 309 Å². The number of hydrogen-bond acceptors (Lipinski definition) is 9. The maximum Gasteiger partial charge on any atom is 0.133 e. The van der Waals surface area contributed by atoms with Crippen LogP contribution in [-0.4, -0.2) is 88.9 Å². The van der Waals surface area contributed by atoms with Crippen LogP contribution in [0.4, 0.5) is 0 Å². The highest BCUT2D eigenvalue weighted by Gasteiger charge is 2.43. The van der Waals surface area contributed by atoms with Crippen LogP contribution >= 0.6 is 0 Å². The van der Waals surface area contributed by atoms with Gasteiger partial charge in [-0.15, -0.1) is 0 Å². The van der Waals surface area contributed by atoms with Gasteiger partial charge in [0, 0.05) is 70.7 Å². The van der Waals surface area contributed by atoms with E-state index in [9.17, 15) is 15.3 Å². The van der Waals surface area contributed by atoms with Gasteiger partial charge in [0.1, 0.15) is 17.2 Å². The quantitative estimate of drug-likeness (QED) is 0.105. The third-order valence-electron chi connectivity index (χ3n) is 23.2. The Morgan fingerprint density at radius 2 is 0.315 bits per heavy atom. The predicted octanol–water partition coefficient (Wildman–Crippen LogP) is 20.8. The molecule has 1 heterocycles. The van der Waals surface area contributed by atoms with Gasteiger partial charge in [0.15, 0.2) is 0 Å². The van der Waals surface area contributed by atoms with Gasteiger partial charge in [0.05, 0.1) is 52.5 Å². The zero-order valence-corrected chi connectivity index (χ0v) is 60.9. The lowest BCUT2D eigenvalue weighted by atomic mass is 9.64. The van der Waals surface area contributed by atoms with Gasteiger partial charge in [0.25, 0.3) is 0 Å². The molecule has 6 atom stereocenters. The first-order chi connectivity index (χ1) is 53.3. The van der Waals surface area contributed by atoms with Crippen LogP contribution < -0.4 is 0 Å². The second-order valence-corrected chi connectivity index (χ2v) is 29.5. The Morgan fingerprint density at radius 3 is 0.444 bits per heavy atom. The summed E-state index contributed by atoms with van der Waals surface area (Å²) in [5.41, 5.74) is 13.1. The molecule has 3 N–H and O–H groups in total. The molecule has 12 aromatic rings. The molecule has 16 rings (SSSR count). The van der Waals surface area contributed by atoms with E-state index in [4.69, 9.17) is 30.0 Å². The molecule has 9 heteroatoms. The van der Waals surface area contributed by atoms with Crippen molar-refractivity contribution >= 4 is 37.3 Å². The molecular formula is C99H90N6O3. The monoisotopic (exact) mass is 1410 g/mol. The highest BCUT2D eigenvalue weighted by Crippen LogP contribution is 2.51. The fraction of sp³-hybridized carbons (Fsp3) is 0.212. The van der Waals surface area contributed by atoms with Gasteiger partial charge in [-0.2, -0.15) is 0 Å². The molecule has 4 aliphatic rings. The Bertz CT molecular complexity index is 4290. The molecule has 3 fully saturated rings. The highest BCUT2D eigenvalue weighted by atomic mass is 16.3. The van der Waals surface area contributed by atoms with Gasteiger partial charge in [-0.1, -0.05) is 312 Å². The number of nitrogens with zero attached hydrogens (tertiary/aromatic N) is 6. The average Bonchev–Trinajstić information content (AvgIpc) is 0.741. The molecule has 0 aromatic heterocycles. The van der Waals surface area contributed by atoms with E-state index in [1.54, 1.807) is 0 Å². The molecule has 3 saturated carbocycles. The van der Waals surface area contributed by atoms with E-state index >= 15 is 0 Å². The predicted molar refractivity (Wildman–Crippen MR) is 443 cm³/mol. The van der Waals surface area contributed by atoms with Gasteiger partial charge in [-0.3, -0.25) is 30.0 Å². The second-order valence-electron chi connectivity index (χ2n) is 29.5. The summed E-state index contributed by atoms with van der Waals surface area (Å²) < 4.78 is 0. The number of phenolic OH excluding ortho intramolecular Hbond substituents is 3. The minimum Gasteiger partial charge on any atom is -0.507 e. The Kier molecular flexibility index (Phi) is 20.9.